The average Bonchev–Trinajstić information content (AvgIpc) is 2.83. The highest BCUT2D eigenvalue weighted by molar-refractivity contribution is 7.96. The fourth-order valence-electron chi connectivity index (χ4n) is 4.51. The number of methoxy groups -OCH3 is 1. The van der Waals surface area contributed by atoms with Crippen molar-refractivity contribution in [2.75, 3.05) is 7.11 Å². The Hall–Kier alpha value is -3.41. The van der Waals surface area contributed by atoms with Gasteiger partial charge in [0.25, 0.3) is 0 Å². The second-order valence-electron chi connectivity index (χ2n) is 7.82. The van der Waals surface area contributed by atoms with Crippen molar-refractivity contribution in [1.29, 1.82) is 5.26 Å². The Morgan fingerprint density at radius 2 is 1.19 bits per heavy atom. The van der Waals surface area contributed by atoms with Gasteiger partial charge in [0.15, 0.2) is 5.78 Å². The van der Waals surface area contributed by atoms with Crippen LogP contribution in [0.5, 0.6) is 0 Å². The number of carbonyl (C=O) groups is 2. The Balaban J connectivity index is 2.09. The Morgan fingerprint density at radius 1 is 0.781 bits per heavy atom. The molecule has 0 spiro atoms. The molecule has 160 valence electrons. The van der Waals surface area contributed by atoms with Crippen LogP contribution < -0.4 is 15.9 Å². The zero-order chi connectivity index (χ0) is 22.6. The molecule has 4 rings (SSSR count). The van der Waals surface area contributed by atoms with Crippen LogP contribution in [0.25, 0.3) is 0 Å². The predicted molar refractivity (Wildman–Crippen MR) is 129 cm³/mol. The van der Waals surface area contributed by atoms with Crippen LogP contribution in [0.4, 0.5) is 0 Å². The van der Waals surface area contributed by atoms with E-state index in [1.807, 2.05) is 91.0 Å². The molecule has 1 fully saturated rings. The van der Waals surface area contributed by atoms with Gasteiger partial charge >= 0.3 is 5.97 Å². The summed E-state index contributed by atoms with van der Waals surface area (Å²) in [6, 6.07) is 31.7. The molecule has 5 heteroatoms. The third-order valence-electron chi connectivity index (χ3n) is 6.22. The van der Waals surface area contributed by atoms with Crippen molar-refractivity contribution in [3.8, 4) is 6.07 Å². The number of hydrogen-bond acceptors (Lipinski definition) is 4. The number of esters is 1. The largest absolute Gasteiger partial charge is 0.469 e. The number of Topliss-reactive ketones (excluding diaryl/α,β-unsaturated/α-hetero) is 1. The van der Waals surface area contributed by atoms with E-state index in [4.69, 9.17) is 4.74 Å². The molecule has 3 aromatic carbocycles. The van der Waals surface area contributed by atoms with Gasteiger partial charge < -0.3 is 4.74 Å². The molecule has 0 heterocycles. The van der Waals surface area contributed by atoms with Crippen LogP contribution in [-0.2, 0) is 14.3 Å². The molecule has 0 unspecified atom stereocenters. The van der Waals surface area contributed by atoms with E-state index in [-0.39, 0.29) is 17.0 Å². The van der Waals surface area contributed by atoms with Crippen LogP contribution in [0.15, 0.2) is 91.0 Å². The molecule has 1 aliphatic rings. The number of benzene rings is 3. The number of nitrogens with zero attached hydrogens (tertiary/aromatic N) is 1. The van der Waals surface area contributed by atoms with Gasteiger partial charge in [0, 0.05) is 5.92 Å². The second kappa shape index (κ2) is 9.39. The lowest BCUT2D eigenvalue weighted by Crippen LogP contribution is -2.43. The summed E-state index contributed by atoms with van der Waals surface area (Å²) in [5.41, 5.74) is 0. The minimum absolute atomic E-state index is 0.236. The molecule has 0 amide bonds. The van der Waals surface area contributed by atoms with Crippen LogP contribution in [0.2, 0.25) is 0 Å². The molecule has 1 saturated carbocycles. The van der Waals surface area contributed by atoms with Crippen molar-refractivity contribution in [3.05, 3.63) is 91.0 Å². The third kappa shape index (κ3) is 3.60. The summed E-state index contributed by atoms with van der Waals surface area (Å²) in [4.78, 5) is 26.1. The van der Waals surface area contributed by atoms with Gasteiger partial charge in [-0.25, -0.2) is 0 Å². The number of ether oxygens (including phenoxy) is 1. The first kappa shape index (κ1) is 21.8. The molecule has 3 aromatic rings. The lowest BCUT2D eigenvalue weighted by molar-refractivity contribution is -0.153. The summed E-state index contributed by atoms with van der Waals surface area (Å²) in [6.45, 7) is -2.76. The molecule has 32 heavy (non-hydrogen) atoms. The highest BCUT2D eigenvalue weighted by Crippen LogP contribution is 2.48. The maximum atomic E-state index is 13.9. The zero-order valence-electron chi connectivity index (χ0n) is 17.8. The van der Waals surface area contributed by atoms with Gasteiger partial charge in [0.1, 0.15) is 11.4 Å². The first-order valence-corrected chi connectivity index (χ1v) is 12.4. The highest BCUT2D eigenvalue weighted by atomic mass is 31.2. The smallest absolute Gasteiger partial charge is 0.309 e. The van der Waals surface area contributed by atoms with Crippen LogP contribution in [-0.4, -0.2) is 24.2 Å². The van der Waals surface area contributed by atoms with Gasteiger partial charge in [-0.05, 0) is 35.6 Å². The van der Waals surface area contributed by atoms with E-state index < -0.39 is 18.7 Å². The monoisotopic (exact) mass is 441 g/mol. The quantitative estimate of drug-likeness (QED) is 0.434. The van der Waals surface area contributed by atoms with Crippen LogP contribution in [0, 0.1) is 23.2 Å². The molecule has 0 bridgehead atoms. The Labute approximate surface area is 188 Å². The Bertz CT molecular complexity index is 1110. The number of rotatable bonds is 6. The van der Waals surface area contributed by atoms with Crippen molar-refractivity contribution in [3.63, 3.8) is 0 Å². The maximum Gasteiger partial charge on any atom is 0.309 e. The number of nitriles is 1. The van der Waals surface area contributed by atoms with E-state index >= 15 is 0 Å². The van der Waals surface area contributed by atoms with Crippen molar-refractivity contribution in [1.82, 2.24) is 0 Å². The van der Waals surface area contributed by atoms with Crippen molar-refractivity contribution >= 4 is 39.8 Å². The summed E-state index contributed by atoms with van der Waals surface area (Å²) in [5.74, 6) is -1.62. The average molecular weight is 441 g/mol. The van der Waals surface area contributed by atoms with Crippen LogP contribution >= 0.6 is 6.89 Å². The van der Waals surface area contributed by atoms with Gasteiger partial charge in [-0.1, -0.05) is 91.0 Å². The molecular weight excluding hydrogens is 417 g/mol. The van der Waals surface area contributed by atoms with E-state index in [0.717, 1.165) is 15.9 Å². The first-order valence-electron chi connectivity index (χ1n) is 10.6. The molecule has 0 saturated heterocycles. The summed E-state index contributed by atoms with van der Waals surface area (Å²) in [5, 5.41) is 13.5. The fourth-order valence-corrected chi connectivity index (χ4v) is 8.68. The molecule has 0 radical (unpaired) electrons. The van der Waals surface area contributed by atoms with Crippen LogP contribution in [0.1, 0.15) is 12.8 Å². The van der Waals surface area contributed by atoms with Crippen molar-refractivity contribution in [2.45, 2.75) is 12.8 Å². The zero-order valence-corrected chi connectivity index (χ0v) is 18.7. The second-order valence-corrected chi connectivity index (χ2v) is 11.2. The van der Waals surface area contributed by atoms with Gasteiger partial charge in [-0.15, -0.1) is 0 Å². The Morgan fingerprint density at radius 3 is 1.50 bits per heavy atom. The highest BCUT2D eigenvalue weighted by Gasteiger charge is 2.45. The SMILES string of the molecule is COC(=O)[C@@H]1CC[C@@H]1C(=O)C(C#N)=P(c1ccccc1)(c1ccccc1)c1ccccc1. The van der Waals surface area contributed by atoms with E-state index in [0.29, 0.717) is 12.8 Å². The summed E-state index contributed by atoms with van der Waals surface area (Å²) in [6.07, 6.45) is 1.19. The molecular formula is C27H24NO3P. The predicted octanol–water partition coefficient (Wildman–Crippen LogP) is 3.44. The maximum absolute atomic E-state index is 13.9. The lowest BCUT2D eigenvalue weighted by Gasteiger charge is -2.36. The standard InChI is InChI=1S/C27H24NO3P/c1-31-27(30)24-18-17-23(24)26(29)25(19-28)32(20-11-5-2-6-12-20,21-13-7-3-8-14-21)22-15-9-4-10-16-22/h2-16,23-24H,17-18H2,1H3/t23-,24+/m0/s1. The van der Waals surface area contributed by atoms with Gasteiger partial charge in [0.05, 0.1) is 13.0 Å². The number of ketones is 1. The van der Waals surface area contributed by atoms with E-state index in [2.05, 4.69) is 6.07 Å². The molecule has 4 nitrogen and oxygen atoms in total. The van der Waals surface area contributed by atoms with E-state index in [9.17, 15) is 14.9 Å². The molecule has 1 aliphatic carbocycles. The minimum Gasteiger partial charge on any atom is -0.469 e. The summed E-state index contributed by atoms with van der Waals surface area (Å²) >= 11 is 0. The number of carbonyl (C=O) groups excluding carboxylic acids is 2. The lowest BCUT2D eigenvalue weighted by atomic mass is 9.71. The molecule has 0 aliphatic heterocycles. The topological polar surface area (TPSA) is 67.2 Å². The summed E-state index contributed by atoms with van der Waals surface area (Å²) < 4.78 is 4.91. The van der Waals surface area contributed by atoms with Gasteiger partial charge in [-0.2, -0.15) is 5.26 Å². The molecule has 2 atom stereocenters. The third-order valence-corrected chi connectivity index (χ3v) is 10.4. The van der Waals surface area contributed by atoms with E-state index in [1.165, 1.54) is 7.11 Å². The minimum atomic E-state index is -2.76. The fraction of sp³-hybridized carbons (Fsp3) is 0.185. The number of hydrogen-bond donors (Lipinski definition) is 0. The normalized spacial score (nSPS) is 17.5. The van der Waals surface area contributed by atoms with Crippen molar-refractivity contribution in [2.24, 2.45) is 11.8 Å². The van der Waals surface area contributed by atoms with E-state index in [1.54, 1.807) is 0 Å². The van der Waals surface area contributed by atoms with Crippen molar-refractivity contribution < 1.29 is 14.3 Å². The van der Waals surface area contributed by atoms with Crippen LogP contribution in [0.3, 0.4) is 0 Å². The summed E-state index contributed by atoms with van der Waals surface area (Å²) in [7, 11) is 1.34. The van der Waals surface area contributed by atoms with Gasteiger partial charge in [-0.3, -0.25) is 9.59 Å². The first-order chi connectivity index (χ1) is 15.6. The Kier molecular flexibility index (Phi) is 6.40. The molecule has 0 N–H and O–H groups in total. The van der Waals surface area contributed by atoms with Gasteiger partial charge in [0.2, 0.25) is 0 Å². The molecule has 0 aromatic heterocycles.